The summed E-state index contributed by atoms with van der Waals surface area (Å²) in [7, 11) is 3.87. The van der Waals surface area contributed by atoms with Crippen molar-refractivity contribution in [3.63, 3.8) is 0 Å². The van der Waals surface area contributed by atoms with Gasteiger partial charge >= 0.3 is 0 Å². The lowest BCUT2D eigenvalue weighted by molar-refractivity contribution is -0.116. The number of aromatic nitrogens is 2. The van der Waals surface area contributed by atoms with E-state index in [1.54, 1.807) is 6.20 Å². The summed E-state index contributed by atoms with van der Waals surface area (Å²) in [5.74, 6) is 0.890. The van der Waals surface area contributed by atoms with Crippen LogP contribution < -0.4 is 10.2 Å². The second kappa shape index (κ2) is 7.17. The van der Waals surface area contributed by atoms with Crippen LogP contribution in [0.4, 0.5) is 11.5 Å². The van der Waals surface area contributed by atoms with Crippen LogP contribution >= 0.6 is 0 Å². The molecule has 0 saturated carbocycles. The first-order valence-electron chi connectivity index (χ1n) is 8.12. The number of para-hydroxylation sites is 1. The molecule has 0 radical (unpaired) electrons. The number of anilines is 2. The standard InChI is InChI=1S/C19H22N4O/c1-23(2)18-11-10-15(13-21-18)22-19(24)9-5-6-14-12-20-17-8-4-3-7-16(14)17/h3-4,7-8,10-13,20H,5-6,9H2,1-2H3,(H,22,24). The van der Waals surface area contributed by atoms with Crippen LogP contribution in [0.25, 0.3) is 10.9 Å². The number of aromatic amines is 1. The summed E-state index contributed by atoms with van der Waals surface area (Å²) in [5.41, 5.74) is 3.14. The molecule has 0 aliphatic heterocycles. The second-order valence-corrected chi connectivity index (χ2v) is 6.06. The summed E-state index contributed by atoms with van der Waals surface area (Å²) in [5, 5.41) is 4.13. The summed E-state index contributed by atoms with van der Waals surface area (Å²) in [4.78, 5) is 21.6. The lowest BCUT2D eigenvalue weighted by Crippen LogP contribution is -2.13. The molecule has 2 N–H and O–H groups in total. The number of carbonyl (C=O) groups is 1. The maximum absolute atomic E-state index is 12.1. The third-order valence-electron chi connectivity index (χ3n) is 4.01. The molecule has 1 amide bonds. The van der Waals surface area contributed by atoms with E-state index < -0.39 is 0 Å². The second-order valence-electron chi connectivity index (χ2n) is 6.06. The van der Waals surface area contributed by atoms with Crippen LogP contribution in [-0.4, -0.2) is 30.0 Å². The van der Waals surface area contributed by atoms with Gasteiger partial charge in [0.15, 0.2) is 0 Å². The number of amides is 1. The zero-order valence-corrected chi connectivity index (χ0v) is 14.0. The highest BCUT2D eigenvalue weighted by molar-refractivity contribution is 5.90. The smallest absolute Gasteiger partial charge is 0.224 e. The molecule has 0 spiro atoms. The van der Waals surface area contributed by atoms with Crippen molar-refractivity contribution in [2.24, 2.45) is 0 Å². The highest BCUT2D eigenvalue weighted by Crippen LogP contribution is 2.19. The molecule has 0 aliphatic rings. The maximum atomic E-state index is 12.1. The van der Waals surface area contributed by atoms with Crippen LogP contribution in [0.2, 0.25) is 0 Å². The van der Waals surface area contributed by atoms with E-state index in [-0.39, 0.29) is 5.91 Å². The molecule has 0 aliphatic carbocycles. The quantitative estimate of drug-likeness (QED) is 0.729. The van der Waals surface area contributed by atoms with Crippen molar-refractivity contribution >= 4 is 28.3 Å². The van der Waals surface area contributed by atoms with E-state index in [2.05, 4.69) is 27.4 Å². The molecule has 1 aromatic carbocycles. The molecule has 24 heavy (non-hydrogen) atoms. The average Bonchev–Trinajstić information content (AvgIpc) is 2.99. The Morgan fingerprint density at radius 3 is 2.79 bits per heavy atom. The van der Waals surface area contributed by atoms with Gasteiger partial charge in [0.05, 0.1) is 11.9 Å². The lowest BCUT2D eigenvalue weighted by Gasteiger charge is -2.11. The van der Waals surface area contributed by atoms with Gasteiger partial charge in [0.25, 0.3) is 0 Å². The van der Waals surface area contributed by atoms with Crippen LogP contribution in [0, 0.1) is 0 Å². The van der Waals surface area contributed by atoms with Crippen molar-refractivity contribution in [1.29, 1.82) is 0 Å². The predicted molar refractivity (Wildman–Crippen MR) is 98.4 cm³/mol. The highest BCUT2D eigenvalue weighted by Gasteiger charge is 2.06. The van der Waals surface area contributed by atoms with Crippen molar-refractivity contribution in [3.8, 4) is 0 Å². The van der Waals surface area contributed by atoms with Gasteiger partial charge in [0, 0.05) is 37.6 Å². The summed E-state index contributed by atoms with van der Waals surface area (Å²) in [6.45, 7) is 0. The number of benzene rings is 1. The summed E-state index contributed by atoms with van der Waals surface area (Å²) >= 11 is 0. The number of pyridine rings is 1. The maximum Gasteiger partial charge on any atom is 0.224 e. The Kier molecular flexibility index (Phi) is 4.79. The molecule has 0 fully saturated rings. The lowest BCUT2D eigenvalue weighted by atomic mass is 10.1. The average molecular weight is 322 g/mol. The number of nitrogens with one attached hydrogen (secondary N) is 2. The fourth-order valence-corrected chi connectivity index (χ4v) is 2.73. The van der Waals surface area contributed by atoms with Crippen LogP contribution in [0.15, 0.2) is 48.8 Å². The molecule has 0 atom stereocenters. The molecule has 5 nitrogen and oxygen atoms in total. The van der Waals surface area contributed by atoms with Crippen LogP contribution in [0.3, 0.4) is 0 Å². The number of carbonyl (C=O) groups excluding carboxylic acids is 1. The monoisotopic (exact) mass is 322 g/mol. The summed E-state index contributed by atoms with van der Waals surface area (Å²) in [6.07, 6.45) is 5.92. The minimum Gasteiger partial charge on any atom is -0.363 e. The third-order valence-corrected chi connectivity index (χ3v) is 4.01. The van der Waals surface area contributed by atoms with E-state index >= 15 is 0 Å². The zero-order valence-electron chi connectivity index (χ0n) is 14.0. The van der Waals surface area contributed by atoms with Gasteiger partial charge in [0.2, 0.25) is 5.91 Å². The SMILES string of the molecule is CN(C)c1ccc(NC(=O)CCCc2c[nH]c3ccccc23)cn1. The van der Waals surface area contributed by atoms with E-state index in [9.17, 15) is 4.79 Å². The third kappa shape index (κ3) is 3.74. The Bertz CT molecular complexity index is 821. The first-order chi connectivity index (χ1) is 11.6. The number of hydrogen-bond acceptors (Lipinski definition) is 3. The Morgan fingerprint density at radius 1 is 1.21 bits per heavy atom. The number of H-pyrrole nitrogens is 1. The number of nitrogens with zero attached hydrogens (tertiary/aromatic N) is 2. The Hall–Kier alpha value is -2.82. The zero-order chi connectivity index (χ0) is 16.9. The summed E-state index contributed by atoms with van der Waals surface area (Å²) < 4.78 is 0. The van der Waals surface area contributed by atoms with Gasteiger partial charge in [-0.05, 0) is 36.6 Å². The molecular formula is C19H22N4O. The highest BCUT2D eigenvalue weighted by atomic mass is 16.1. The number of rotatable bonds is 6. The van der Waals surface area contributed by atoms with E-state index in [0.717, 1.165) is 29.9 Å². The van der Waals surface area contributed by atoms with E-state index in [4.69, 9.17) is 0 Å². The molecule has 0 saturated heterocycles. The predicted octanol–water partition coefficient (Wildman–Crippen LogP) is 3.59. The van der Waals surface area contributed by atoms with E-state index in [1.165, 1.54) is 10.9 Å². The van der Waals surface area contributed by atoms with Crippen molar-refractivity contribution in [2.45, 2.75) is 19.3 Å². The number of aryl methyl sites for hydroxylation is 1. The van der Waals surface area contributed by atoms with Gasteiger partial charge in [-0.2, -0.15) is 0 Å². The Labute approximate surface area is 141 Å². The first kappa shape index (κ1) is 16.1. The first-order valence-corrected chi connectivity index (χ1v) is 8.12. The van der Waals surface area contributed by atoms with Crippen LogP contribution in [0.5, 0.6) is 0 Å². The molecule has 3 aromatic rings. The van der Waals surface area contributed by atoms with E-state index in [0.29, 0.717) is 6.42 Å². The number of hydrogen-bond donors (Lipinski definition) is 2. The van der Waals surface area contributed by atoms with Crippen molar-refractivity contribution in [1.82, 2.24) is 9.97 Å². The molecule has 0 bridgehead atoms. The van der Waals surface area contributed by atoms with Crippen molar-refractivity contribution < 1.29 is 4.79 Å². The molecule has 2 heterocycles. The number of fused-ring (bicyclic) bond motifs is 1. The van der Waals surface area contributed by atoms with Crippen LogP contribution in [0.1, 0.15) is 18.4 Å². The van der Waals surface area contributed by atoms with Gasteiger partial charge in [-0.25, -0.2) is 4.98 Å². The minimum atomic E-state index is 0.0224. The van der Waals surface area contributed by atoms with E-state index in [1.807, 2.05) is 49.5 Å². The van der Waals surface area contributed by atoms with Gasteiger partial charge in [0.1, 0.15) is 5.82 Å². The minimum absolute atomic E-state index is 0.0224. The fraction of sp³-hybridized carbons (Fsp3) is 0.263. The van der Waals surface area contributed by atoms with Crippen molar-refractivity contribution in [3.05, 3.63) is 54.4 Å². The summed E-state index contributed by atoms with van der Waals surface area (Å²) in [6, 6.07) is 12.0. The topological polar surface area (TPSA) is 61.0 Å². The van der Waals surface area contributed by atoms with Gasteiger partial charge < -0.3 is 15.2 Å². The molecule has 5 heteroatoms. The fourth-order valence-electron chi connectivity index (χ4n) is 2.73. The van der Waals surface area contributed by atoms with Crippen LogP contribution in [-0.2, 0) is 11.2 Å². The van der Waals surface area contributed by atoms with Gasteiger partial charge in [-0.15, -0.1) is 0 Å². The molecule has 3 rings (SSSR count). The molecule has 124 valence electrons. The molecule has 0 unspecified atom stereocenters. The largest absolute Gasteiger partial charge is 0.363 e. The Balaban J connectivity index is 1.50. The van der Waals surface area contributed by atoms with Crippen molar-refractivity contribution in [2.75, 3.05) is 24.3 Å². The Morgan fingerprint density at radius 2 is 2.04 bits per heavy atom. The van der Waals surface area contributed by atoms with Gasteiger partial charge in [-0.3, -0.25) is 4.79 Å². The molecule has 2 aromatic heterocycles. The molecular weight excluding hydrogens is 300 g/mol. The van der Waals surface area contributed by atoms with Gasteiger partial charge in [-0.1, -0.05) is 18.2 Å². The normalized spacial score (nSPS) is 10.8.